The molecular weight excluding hydrogens is 251 g/mol. The largest absolute Gasteiger partial charge is 0.441 e. The highest BCUT2D eigenvalue weighted by Gasteiger charge is 2.27. The standard InChI is InChI=1S/C10H14F3N3S/c1-2-15-8-5-9(7-14-6-8)16-3-4-17-10(11,12)13/h5-7,15-16H,2-4H2,1H3. The molecule has 0 fully saturated rings. The number of pyridine rings is 1. The topological polar surface area (TPSA) is 37.0 Å². The summed E-state index contributed by atoms with van der Waals surface area (Å²) in [7, 11) is 0. The van der Waals surface area contributed by atoms with Gasteiger partial charge in [-0.05, 0) is 24.8 Å². The zero-order valence-electron chi connectivity index (χ0n) is 9.34. The van der Waals surface area contributed by atoms with Crippen molar-refractivity contribution in [3.05, 3.63) is 18.5 Å². The third kappa shape index (κ3) is 6.25. The number of anilines is 2. The molecule has 0 radical (unpaired) electrons. The van der Waals surface area contributed by atoms with Gasteiger partial charge in [-0.1, -0.05) is 0 Å². The smallest absolute Gasteiger partial charge is 0.384 e. The summed E-state index contributed by atoms with van der Waals surface area (Å²) in [6.07, 6.45) is 3.25. The maximum absolute atomic E-state index is 11.9. The number of rotatable bonds is 6. The lowest BCUT2D eigenvalue weighted by atomic mass is 10.3. The molecule has 0 saturated carbocycles. The third-order valence-corrected chi connectivity index (χ3v) is 2.55. The van der Waals surface area contributed by atoms with Crippen molar-refractivity contribution in [3.63, 3.8) is 0 Å². The lowest BCUT2D eigenvalue weighted by Crippen LogP contribution is -2.09. The molecule has 7 heteroatoms. The number of aromatic nitrogens is 1. The van der Waals surface area contributed by atoms with E-state index in [1.807, 2.05) is 13.0 Å². The van der Waals surface area contributed by atoms with Crippen LogP contribution in [-0.4, -0.2) is 29.3 Å². The molecule has 0 spiro atoms. The first-order chi connectivity index (χ1) is 8.01. The van der Waals surface area contributed by atoms with Gasteiger partial charge in [0.15, 0.2) is 0 Å². The minimum atomic E-state index is -4.16. The molecule has 0 atom stereocenters. The van der Waals surface area contributed by atoms with Crippen molar-refractivity contribution in [3.8, 4) is 0 Å². The van der Waals surface area contributed by atoms with Crippen LogP contribution in [0.5, 0.6) is 0 Å². The second kappa shape index (κ2) is 6.58. The predicted octanol–water partition coefficient (Wildman–Crippen LogP) is 3.18. The fourth-order valence-electron chi connectivity index (χ4n) is 1.20. The Morgan fingerprint density at radius 1 is 1.24 bits per heavy atom. The van der Waals surface area contributed by atoms with Crippen LogP contribution in [0.1, 0.15) is 6.92 Å². The number of hydrogen-bond acceptors (Lipinski definition) is 4. The fourth-order valence-corrected chi connectivity index (χ4v) is 1.64. The Morgan fingerprint density at radius 2 is 1.88 bits per heavy atom. The maximum atomic E-state index is 11.9. The normalized spacial score (nSPS) is 11.3. The second-order valence-corrected chi connectivity index (χ2v) is 4.37. The van der Waals surface area contributed by atoms with Crippen LogP contribution in [0.3, 0.4) is 0 Å². The van der Waals surface area contributed by atoms with E-state index in [1.165, 1.54) is 0 Å². The molecule has 0 aliphatic carbocycles. The summed E-state index contributed by atoms with van der Waals surface area (Å²) in [6, 6.07) is 1.81. The summed E-state index contributed by atoms with van der Waals surface area (Å²) in [5, 5.41) is 5.97. The summed E-state index contributed by atoms with van der Waals surface area (Å²) in [4.78, 5) is 3.98. The summed E-state index contributed by atoms with van der Waals surface area (Å²) in [5.41, 5.74) is -2.60. The molecule has 1 rings (SSSR count). The first-order valence-electron chi connectivity index (χ1n) is 5.15. The van der Waals surface area contributed by atoms with Gasteiger partial charge in [0.1, 0.15) is 0 Å². The Labute approximate surface area is 102 Å². The van der Waals surface area contributed by atoms with E-state index in [9.17, 15) is 13.2 Å². The van der Waals surface area contributed by atoms with Crippen LogP contribution in [0.2, 0.25) is 0 Å². The first kappa shape index (κ1) is 14.0. The molecule has 1 aromatic rings. The highest BCUT2D eigenvalue weighted by Crippen LogP contribution is 2.29. The van der Waals surface area contributed by atoms with Crippen molar-refractivity contribution in [1.29, 1.82) is 0 Å². The lowest BCUT2D eigenvalue weighted by Gasteiger charge is -2.09. The van der Waals surface area contributed by atoms with Crippen molar-refractivity contribution in [2.24, 2.45) is 0 Å². The van der Waals surface area contributed by atoms with Crippen molar-refractivity contribution < 1.29 is 13.2 Å². The quantitative estimate of drug-likeness (QED) is 0.775. The van der Waals surface area contributed by atoms with E-state index in [0.717, 1.165) is 12.2 Å². The highest BCUT2D eigenvalue weighted by atomic mass is 32.2. The minimum absolute atomic E-state index is 0.0189. The molecule has 0 saturated heterocycles. The molecule has 0 aliphatic rings. The minimum Gasteiger partial charge on any atom is -0.384 e. The summed E-state index contributed by atoms with van der Waals surface area (Å²) in [5.74, 6) is -0.0189. The van der Waals surface area contributed by atoms with E-state index in [4.69, 9.17) is 0 Å². The number of nitrogens with zero attached hydrogens (tertiary/aromatic N) is 1. The van der Waals surface area contributed by atoms with Crippen molar-refractivity contribution in [2.75, 3.05) is 29.5 Å². The number of halogens is 3. The average Bonchev–Trinajstić information content (AvgIpc) is 2.24. The van der Waals surface area contributed by atoms with E-state index in [0.29, 0.717) is 5.69 Å². The third-order valence-electron chi connectivity index (χ3n) is 1.82. The summed E-state index contributed by atoms with van der Waals surface area (Å²) >= 11 is -0.0313. The van der Waals surface area contributed by atoms with Crippen LogP contribution in [0, 0.1) is 0 Å². The summed E-state index contributed by atoms with van der Waals surface area (Å²) in [6.45, 7) is 2.98. The van der Waals surface area contributed by atoms with Crippen LogP contribution in [0.25, 0.3) is 0 Å². The first-order valence-corrected chi connectivity index (χ1v) is 6.13. The summed E-state index contributed by atoms with van der Waals surface area (Å²) < 4.78 is 35.6. The molecule has 1 heterocycles. The molecular formula is C10H14F3N3S. The molecule has 3 nitrogen and oxygen atoms in total. The van der Waals surface area contributed by atoms with E-state index in [-0.39, 0.29) is 24.1 Å². The van der Waals surface area contributed by atoms with Crippen LogP contribution in [0.15, 0.2) is 18.5 Å². The van der Waals surface area contributed by atoms with E-state index >= 15 is 0 Å². The van der Waals surface area contributed by atoms with Gasteiger partial charge in [-0.2, -0.15) is 13.2 Å². The zero-order chi connectivity index (χ0) is 12.7. The Balaban J connectivity index is 2.34. The van der Waals surface area contributed by atoms with Gasteiger partial charge in [0.25, 0.3) is 0 Å². The monoisotopic (exact) mass is 265 g/mol. The van der Waals surface area contributed by atoms with Crippen molar-refractivity contribution in [1.82, 2.24) is 4.98 Å². The van der Waals surface area contributed by atoms with Crippen LogP contribution >= 0.6 is 11.8 Å². The molecule has 96 valence electrons. The van der Waals surface area contributed by atoms with Gasteiger partial charge < -0.3 is 10.6 Å². The Morgan fingerprint density at radius 3 is 2.47 bits per heavy atom. The second-order valence-electron chi connectivity index (χ2n) is 3.21. The van der Waals surface area contributed by atoms with Gasteiger partial charge in [-0.25, -0.2) is 0 Å². The molecule has 0 bridgehead atoms. The molecule has 0 amide bonds. The molecule has 0 aromatic carbocycles. The van der Waals surface area contributed by atoms with Gasteiger partial charge in [-0.15, -0.1) is 0 Å². The van der Waals surface area contributed by atoms with Crippen molar-refractivity contribution >= 4 is 23.1 Å². The van der Waals surface area contributed by atoms with E-state index in [2.05, 4.69) is 15.6 Å². The van der Waals surface area contributed by atoms with Gasteiger partial charge in [0, 0.05) is 18.8 Å². The SMILES string of the molecule is CCNc1cncc(NCCSC(F)(F)F)c1. The Bertz CT molecular complexity index is 344. The van der Waals surface area contributed by atoms with Gasteiger partial charge >= 0.3 is 5.51 Å². The molecule has 0 aliphatic heterocycles. The van der Waals surface area contributed by atoms with Crippen LogP contribution in [0.4, 0.5) is 24.5 Å². The maximum Gasteiger partial charge on any atom is 0.441 e. The van der Waals surface area contributed by atoms with E-state index in [1.54, 1.807) is 12.4 Å². The van der Waals surface area contributed by atoms with Gasteiger partial charge in [0.2, 0.25) is 0 Å². The van der Waals surface area contributed by atoms with Crippen LogP contribution in [-0.2, 0) is 0 Å². The van der Waals surface area contributed by atoms with Crippen molar-refractivity contribution in [2.45, 2.75) is 12.4 Å². The predicted molar refractivity (Wildman–Crippen MR) is 65.4 cm³/mol. The molecule has 17 heavy (non-hydrogen) atoms. The van der Waals surface area contributed by atoms with Crippen LogP contribution < -0.4 is 10.6 Å². The van der Waals surface area contributed by atoms with Gasteiger partial charge in [-0.3, -0.25) is 4.98 Å². The fraction of sp³-hybridized carbons (Fsp3) is 0.500. The molecule has 2 N–H and O–H groups in total. The number of alkyl halides is 3. The highest BCUT2D eigenvalue weighted by molar-refractivity contribution is 8.00. The lowest BCUT2D eigenvalue weighted by molar-refractivity contribution is -0.0327. The average molecular weight is 265 g/mol. The number of nitrogens with one attached hydrogen (secondary N) is 2. The molecule has 0 unspecified atom stereocenters. The molecule has 1 aromatic heterocycles. The zero-order valence-corrected chi connectivity index (χ0v) is 10.2. The van der Waals surface area contributed by atoms with E-state index < -0.39 is 5.51 Å². The Hall–Kier alpha value is -1.11. The Kier molecular flexibility index (Phi) is 5.40. The van der Waals surface area contributed by atoms with Gasteiger partial charge in [0.05, 0.1) is 23.8 Å². The number of thioether (sulfide) groups is 1. The number of hydrogen-bond donors (Lipinski definition) is 2.